The topological polar surface area (TPSA) is 76.6 Å². The maximum absolute atomic E-state index is 6.10. The fourth-order valence-electron chi connectivity index (χ4n) is 3.64. The van der Waals surface area contributed by atoms with Crippen LogP contribution in [0.25, 0.3) is 22.6 Å². The Kier molecular flexibility index (Phi) is 6.03. The zero-order valence-electron chi connectivity index (χ0n) is 16.6. The first-order chi connectivity index (χ1) is 14.3. The molecule has 1 aliphatic heterocycles. The van der Waals surface area contributed by atoms with Crippen molar-refractivity contribution in [3.05, 3.63) is 66.0 Å². The largest absolute Gasteiger partial charge is 0.489 e. The van der Waals surface area contributed by atoms with E-state index in [9.17, 15) is 0 Å². The Hall–Kier alpha value is -2.87. The van der Waals surface area contributed by atoms with E-state index in [2.05, 4.69) is 27.4 Å². The maximum Gasteiger partial charge on any atom is 0.294 e. The van der Waals surface area contributed by atoms with Gasteiger partial charge >= 0.3 is 0 Å². The van der Waals surface area contributed by atoms with Gasteiger partial charge < -0.3 is 19.0 Å². The van der Waals surface area contributed by atoms with Crippen molar-refractivity contribution in [1.29, 1.82) is 0 Å². The predicted molar refractivity (Wildman–Crippen MR) is 116 cm³/mol. The van der Waals surface area contributed by atoms with Gasteiger partial charge in [0.1, 0.15) is 17.9 Å². The molecule has 7 nitrogen and oxygen atoms in total. The smallest absolute Gasteiger partial charge is 0.294 e. The molecule has 5 rings (SSSR count). The summed E-state index contributed by atoms with van der Waals surface area (Å²) < 4.78 is 17.7. The standard InChI is InChI=1S/C22H22N4O3.ClH/c1-26-12-11-23-13-18(26)21-24-22(29-25-21)20-17(14-27-15-7-3-2-4-8-15)16-9-5-6-10-19(16)28-20;/h2-10,18,23H,11-14H2,1H3;1H. The number of ether oxygens (including phenoxy) is 1. The zero-order chi connectivity index (χ0) is 19.6. The van der Waals surface area contributed by atoms with Gasteiger partial charge in [-0.15, -0.1) is 12.4 Å². The lowest BCUT2D eigenvalue weighted by Gasteiger charge is -2.30. The number of furan rings is 1. The molecule has 1 saturated heterocycles. The van der Waals surface area contributed by atoms with E-state index < -0.39 is 0 Å². The molecule has 0 spiro atoms. The van der Waals surface area contributed by atoms with E-state index in [0.717, 1.165) is 41.9 Å². The summed E-state index contributed by atoms with van der Waals surface area (Å²) in [5.74, 6) is 2.39. The third-order valence-electron chi connectivity index (χ3n) is 5.27. The van der Waals surface area contributed by atoms with Crippen molar-refractivity contribution >= 4 is 23.4 Å². The number of likely N-dealkylation sites (N-methyl/N-ethyl adjacent to an activating group) is 1. The first kappa shape index (κ1) is 20.4. The molecule has 4 aromatic rings. The van der Waals surface area contributed by atoms with Gasteiger partial charge in [0.05, 0.1) is 6.04 Å². The monoisotopic (exact) mass is 426 g/mol. The van der Waals surface area contributed by atoms with Crippen molar-refractivity contribution in [1.82, 2.24) is 20.4 Å². The highest BCUT2D eigenvalue weighted by atomic mass is 35.5. The van der Waals surface area contributed by atoms with Gasteiger partial charge in [0, 0.05) is 30.6 Å². The molecule has 1 unspecified atom stereocenters. The Morgan fingerprint density at radius 3 is 2.77 bits per heavy atom. The first-order valence-corrected chi connectivity index (χ1v) is 9.73. The summed E-state index contributed by atoms with van der Waals surface area (Å²) in [4.78, 5) is 6.88. The second-order valence-corrected chi connectivity index (χ2v) is 7.17. The summed E-state index contributed by atoms with van der Waals surface area (Å²) in [6.07, 6.45) is 0. The molecule has 2 aromatic carbocycles. The Bertz CT molecular complexity index is 1110. The summed E-state index contributed by atoms with van der Waals surface area (Å²) >= 11 is 0. The fraction of sp³-hybridized carbons (Fsp3) is 0.273. The number of fused-ring (bicyclic) bond motifs is 1. The van der Waals surface area contributed by atoms with Crippen LogP contribution < -0.4 is 10.1 Å². The van der Waals surface area contributed by atoms with Crippen molar-refractivity contribution in [2.75, 3.05) is 26.7 Å². The third kappa shape index (κ3) is 3.92. The molecule has 0 bridgehead atoms. The zero-order valence-corrected chi connectivity index (χ0v) is 17.4. The molecular weight excluding hydrogens is 404 g/mol. The molecule has 30 heavy (non-hydrogen) atoms. The molecule has 1 aliphatic rings. The molecule has 8 heteroatoms. The molecule has 3 heterocycles. The van der Waals surface area contributed by atoms with Crippen molar-refractivity contribution < 1.29 is 13.7 Å². The highest BCUT2D eigenvalue weighted by Gasteiger charge is 2.28. The van der Waals surface area contributed by atoms with Crippen LogP contribution in [0.5, 0.6) is 5.75 Å². The van der Waals surface area contributed by atoms with Gasteiger partial charge in [-0.2, -0.15) is 4.98 Å². The van der Waals surface area contributed by atoms with E-state index in [0.29, 0.717) is 24.1 Å². The van der Waals surface area contributed by atoms with Gasteiger partial charge in [-0.05, 0) is 25.2 Å². The number of hydrogen-bond donors (Lipinski definition) is 1. The van der Waals surface area contributed by atoms with Crippen LogP contribution in [0.1, 0.15) is 17.4 Å². The fourth-order valence-corrected chi connectivity index (χ4v) is 3.64. The lowest BCUT2D eigenvalue weighted by Crippen LogP contribution is -2.44. The summed E-state index contributed by atoms with van der Waals surface area (Å²) in [6, 6.07) is 17.7. The Balaban J connectivity index is 0.00000218. The summed E-state index contributed by atoms with van der Waals surface area (Å²) in [7, 11) is 2.07. The Labute approximate surface area is 180 Å². The van der Waals surface area contributed by atoms with Crippen LogP contribution >= 0.6 is 12.4 Å². The Morgan fingerprint density at radius 1 is 1.13 bits per heavy atom. The molecule has 0 radical (unpaired) electrons. The van der Waals surface area contributed by atoms with Crippen molar-refractivity contribution in [3.8, 4) is 17.4 Å². The van der Waals surface area contributed by atoms with E-state index in [1.807, 2.05) is 54.6 Å². The summed E-state index contributed by atoms with van der Waals surface area (Å²) in [6.45, 7) is 3.04. The Morgan fingerprint density at radius 2 is 1.93 bits per heavy atom. The third-order valence-corrected chi connectivity index (χ3v) is 5.27. The van der Waals surface area contributed by atoms with Crippen LogP contribution in [-0.2, 0) is 6.61 Å². The summed E-state index contributed by atoms with van der Waals surface area (Å²) in [5.41, 5.74) is 1.67. The van der Waals surface area contributed by atoms with Crippen LogP contribution in [0.4, 0.5) is 0 Å². The predicted octanol–water partition coefficient (Wildman–Crippen LogP) is 4.06. The van der Waals surface area contributed by atoms with E-state index >= 15 is 0 Å². The van der Waals surface area contributed by atoms with E-state index in [1.54, 1.807) is 0 Å². The first-order valence-electron chi connectivity index (χ1n) is 9.73. The molecule has 0 saturated carbocycles. The van der Waals surface area contributed by atoms with E-state index in [-0.39, 0.29) is 18.4 Å². The maximum atomic E-state index is 6.10. The minimum atomic E-state index is 0. The van der Waals surface area contributed by atoms with E-state index in [4.69, 9.17) is 13.7 Å². The van der Waals surface area contributed by atoms with Crippen LogP contribution in [0.2, 0.25) is 0 Å². The molecule has 0 amide bonds. The van der Waals surface area contributed by atoms with Crippen LogP contribution in [-0.4, -0.2) is 41.7 Å². The lowest BCUT2D eigenvalue weighted by atomic mass is 10.1. The number of para-hydroxylation sites is 2. The minimum Gasteiger partial charge on any atom is -0.489 e. The SMILES string of the molecule is CN1CCNCC1c1noc(-c2oc3ccccc3c2COc2ccccc2)n1.Cl. The van der Waals surface area contributed by atoms with E-state index in [1.165, 1.54) is 0 Å². The van der Waals surface area contributed by atoms with Gasteiger partial charge in [-0.1, -0.05) is 41.6 Å². The summed E-state index contributed by atoms with van der Waals surface area (Å²) in [5, 5.41) is 8.59. The highest BCUT2D eigenvalue weighted by molar-refractivity contribution is 5.86. The number of nitrogens with one attached hydrogen (secondary N) is 1. The van der Waals surface area contributed by atoms with Gasteiger partial charge in [-0.25, -0.2) is 0 Å². The molecule has 156 valence electrons. The quantitative estimate of drug-likeness (QED) is 0.515. The average Bonchev–Trinajstić information content (AvgIpc) is 3.38. The molecule has 1 N–H and O–H groups in total. The van der Waals surface area contributed by atoms with Gasteiger partial charge in [0.2, 0.25) is 0 Å². The van der Waals surface area contributed by atoms with Gasteiger partial charge in [0.25, 0.3) is 5.89 Å². The van der Waals surface area contributed by atoms with Crippen LogP contribution in [0.3, 0.4) is 0 Å². The van der Waals surface area contributed by atoms with Crippen LogP contribution in [0, 0.1) is 0 Å². The molecule has 1 atom stereocenters. The average molecular weight is 427 g/mol. The number of halogens is 1. The normalized spacial score (nSPS) is 17.0. The van der Waals surface area contributed by atoms with Crippen molar-refractivity contribution in [2.24, 2.45) is 0 Å². The molecular formula is C22H23ClN4O3. The van der Waals surface area contributed by atoms with Crippen molar-refractivity contribution in [3.63, 3.8) is 0 Å². The number of aromatic nitrogens is 2. The number of nitrogens with zero attached hydrogens (tertiary/aromatic N) is 3. The highest BCUT2D eigenvalue weighted by Crippen LogP contribution is 2.34. The second-order valence-electron chi connectivity index (χ2n) is 7.17. The lowest BCUT2D eigenvalue weighted by molar-refractivity contribution is 0.190. The second kappa shape index (κ2) is 8.87. The number of rotatable bonds is 5. The number of benzene rings is 2. The molecule has 1 fully saturated rings. The van der Waals surface area contributed by atoms with Gasteiger partial charge in [-0.3, -0.25) is 4.90 Å². The van der Waals surface area contributed by atoms with Crippen molar-refractivity contribution in [2.45, 2.75) is 12.6 Å². The molecule has 0 aliphatic carbocycles. The van der Waals surface area contributed by atoms with Gasteiger partial charge in [0.15, 0.2) is 11.6 Å². The minimum absolute atomic E-state index is 0. The van der Waals surface area contributed by atoms with Crippen LogP contribution in [0.15, 0.2) is 63.5 Å². The molecule has 2 aromatic heterocycles. The number of piperazine rings is 1. The number of hydrogen-bond acceptors (Lipinski definition) is 7.